The quantitative estimate of drug-likeness (QED) is 0.191. The van der Waals surface area contributed by atoms with E-state index in [1.165, 1.54) is 0 Å². The van der Waals surface area contributed by atoms with Gasteiger partial charge >= 0.3 is 16.8 Å². The van der Waals surface area contributed by atoms with E-state index in [1.54, 1.807) is 0 Å². The van der Waals surface area contributed by atoms with Crippen molar-refractivity contribution in [2.24, 2.45) is 5.41 Å². The second kappa shape index (κ2) is 16.1. The van der Waals surface area contributed by atoms with Gasteiger partial charge in [-0.1, -0.05) is 6.92 Å². The SMILES string of the molecule is CC12CNCCNCC(O)(CNCCNC1)NCCNC2.[Cl-].[Cl-].[Cl-].[Co+3]. The summed E-state index contributed by atoms with van der Waals surface area (Å²) in [7, 11) is 0. The number of hydrogen-bond acceptors (Lipinski definition) is 7. The minimum absolute atomic E-state index is 0. The summed E-state index contributed by atoms with van der Waals surface area (Å²) in [6, 6.07) is 0. The Balaban J connectivity index is -0.00000121. The van der Waals surface area contributed by atoms with Gasteiger partial charge in [-0.2, -0.15) is 0 Å². The van der Waals surface area contributed by atoms with E-state index in [9.17, 15) is 5.11 Å². The van der Waals surface area contributed by atoms with Crippen LogP contribution < -0.4 is 69.1 Å². The molecule has 0 aromatic carbocycles. The summed E-state index contributed by atoms with van der Waals surface area (Å²) >= 11 is 0. The van der Waals surface area contributed by atoms with Crippen LogP contribution in [0.4, 0.5) is 0 Å². The van der Waals surface area contributed by atoms with Gasteiger partial charge in [-0.15, -0.1) is 0 Å². The Bertz CT molecular complexity index is 276. The fourth-order valence-electron chi connectivity index (χ4n) is 2.87. The Hall–Kier alpha value is 1.10. The van der Waals surface area contributed by atoms with Crippen molar-refractivity contribution in [3.05, 3.63) is 0 Å². The van der Waals surface area contributed by atoms with E-state index in [0.29, 0.717) is 13.1 Å². The molecule has 154 valence electrons. The van der Waals surface area contributed by atoms with Crippen LogP contribution in [0.2, 0.25) is 0 Å². The molecular weight excluding hydrogens is 433 g/mol. The van der Waals surface area contributed by atoms with E-state index >= 15 is 0 Å². The van der Waals surface area contributed by atoms with Crippen LogP contribution in [-0.2, 0) is 16.8 Å². The Labute approximate surface area is 180 Å². The van der Waals surface area contributed by atoms with Gasteiger partial charge in [0, 0.05) is 77.4 Å². The molecule has 7 nitrogen and oxygen atoms in total. The number of halogens is 3. The summed E-state index contributed by atoms with van der Waals surface area (Å²) in [6.07, 6.45) is 0. The predicted octanol–water partition coefficient (Wildman–Crippen LogP) is -11.7. The first kappa shape index (κ1) is 30.8. The summed E-state index contributed by atoms with van der Waals surface area (Å²) in [4.78, 5) is 0. The molecular formula is C14H32Cl3CoN6O. The van der Waals surface area contributed by atoms with E-state index in [0.717, 1.165) is 58.9 Å². The van der Waals surface area contributed by atoms with Crippen LogP contribution in [0.1, 0.15) is 6.92 Å². The minimum atomic E-state index is -0.896. The molecule has 2 aliphatic heterocycles. The van der Waals surface area contributed by atoms with Crippen molar-refractivity contribution >= 4 is 0 Å². The average Bonchev–Trinajstić information content (AvgIpc) is 2.47. The Morgan fingerprint density at radius 1 is 0.600 bits per heavy atom. The largest absolute Gasteiger partial charge is 3.00 e. The molecule has 2 aliphatic rings. The molecule has 25 heavy (non-hydrogen) atoms. The molecule has 0 aromatic heterocycles. The van der Waals surface area contributed by atoms with Crippen molar-refractivity contribution in [2.45, 2.75) is 12.6 Å². The molecule has 0 saturated carbocycles. The maximum atomic E-state index is 10.7. The zero-order chi connectivity index (χ0) is 15.0. The van der Waals surface area contributed by atoms with E-state index in [-0.39, 0.29) is 59.4 Å². The van der Waals surface area contributed by atoms with E-state index < -0.39 is 5.72 Å². The van der Waals surface area contributed by atoms with Crippen LogP contribution in [0.3, 0.4) is 0 Å². The molecule has 2 fully saturated rings. The third-order valence-electron chi connectivity index (χ3n) is 4.20. The van der Waals surface area contributed by atoms with Gasteiger partial charge in [-0.05, 0) is 0 Å². The van der Waals surface area contributed by atoms with Gasteiger partial charge in [0.1, 0.15) is 5.72 Å². The van der Waals surface area contributed by atoms with Crippen molar-refractivity contribution in [1.82, 2.24) is 31.9 Å². The van der Waals surface area contributed by atoms with E-state index in [4.69, 9.17) is 0 Å². The minimum Gasteiger partial charge on any atom is -1.00 e. The summed E-state index contributed by atoms with van der Waals surface area (Å²) < 4.78 is 0. The fraction of sp³-hybridized carbons (Fsp3) is 1.00. The van der Waals surface area contributed by atoms with Crippen LogP contribution in [0, 0.1) is 5.41 Å². The van der Waals surface area contributed by atoms with Crippen molar-refractivity contribution in [3.63, 3.8) is 0 Å². The molecule has 11 heteroatoms. The monoisotopic (exact) mass is 464 g/mol. The zero-order valence-electron chi connectivity index (χ0n) is 14.7. The van der Waals surface area contributed by atoms with Crippen LogP contribution in [0.25, 0.3) is 0 Å². The smallest absolute Gasteiger partial charge is 1.00 e. The Morgan fingerprint density at radius 2 is 0.920 bits per heavy atom. The van der Waals surface area contributed by atoms with Crippen LogP contribution in [0.5, 0.6) is 0 Å². The molecule has 2 bridgehead atoms. The normalized spacial score (nSPS) is 31.9. The molecule has 0 unspecified atom stereocenters. The molecule has 0 aliphatic carbocycles. The number of rotatable bonds is 0. The maximum Gasteiger partial charge on any atom is 3.00 e. The second-order valence-corrected chi connectivity index (χ2v) is 6.65. The Morgan fingerprint density at radius 3 is 1.32 bits per heavy atom. The number of nitrogens with one attached hydrogen (secondary N) is 6. The molecule has 0 radical (unpaired) electrons. The van der Waals surface area contributed by atoms with Gasteiger partial charge in [0.15, 0.2) is 0 Å². The number of aliphatic hydroxyl groups is 1. The van der Waals surface area contributed by atoms with E-state index in [1.807, 2.05) is 0 Å². The van der Waals surface area contributed by atoms with E-state index in [2.05, 4.69) is 38.8 Å². The molecule has 7 N–H and O–H groups in total. The van der Waals surface area contributed by atoms with Gasteiger partial charge in [0.2, 0.25) is 0 Å². The average molecular weight is 466 g/mol. The fourth-order valence-corrected chi connectivity index (χ4v) is 2.87. The first-order valence-electron chi connectivity index (χ1n) is 8.13. The zero-order valence-corrected chi connectivity index (χ0v) is 18.0. The van der Waals surface area contributed by atoms with Crippen molar-refractivity contribution < 1.29 is 59.1 Å². The Kier molecular flexibility index (Phi) is 19.8. The van der Waals surface area contributed by atoms with Crippen LogP contribution in [-0.4, -0.2) is 82.8 Å². The predicted molar refractivity (Wildman–Crippen MR) is 85.4 cm³/mol. The standard InChI is InChI=1S/C14H32N6O.3ClH.Co/c1-13-8-15-2-4-18-11-14(21,20-7-6-17-10-13)12-19-5-3-16-9-13;;;;/h15-21H,2-12H2,1H3;3*1H;/q;;;;+3/p-3. The van der Waals surface area contributed by atoms with Gasteiger partial charge in [-0.25, -0.2) is 0 Å². The van der Waals surface area contributed by atoms with Crippen molar-refractivity contribution in [1.29, 1.82) is 0 Å². The summed E-state index contributed by atoms with van der Waals surface area (Å²) in [5, 5.41) is 31.2. The molecule has 0 atom stereocenters. The third kappa shape index (κ3) is 12.2. The third-order valence-corrected chi connectivity index (χ3v) is 4.20. The van der Waals surface area contributed by atoms with Gasteiger partial charge < -0.3 is 68.9 Å². The summed E-state index contributed by atoms with van der Waals surface area (Å²) in [5.41, 5.74) is -0.703. The van der Waals surface area contributed by atoms with Gasteiger partial charge in [-0.3, -0.25) is 5.32 Å². The van der Waals surface area contributed by atoms with Gasteiger partial charge in [0.05, 0.1) is 0 Å². The molecule has 0 spiro atoms. The number of fused-ring (bicyclic) bond motifs is 6. The van der Waals surface area contributed by atoms with Crippen molar-refractivity contribution in [2.75, 3.05) is 72.0 Å². The van der Waals surface area contributed by atoms with Gasteiger partial charge in [0.25, 0.3) is 0 Å². The molecule has 2 rings (SSSR count). The number of β-amino-alcohol motifs (C(OH)–C–C–N with tert-alkyl or cyclic N) is 1. The van der Waals surface area contributed by atoms with Crippen LogP contribution >= 0.6 is 0 Å². The van der Waals surface area contributed by atoms with Crippen LogP contribution in [0.15, 0.2) is 0 Å². The topological polar surface area (TPSA) is 92.4 Å². The molecule has 0 aromatic rings. The first-order chi connectivity index (χ1) is 10.1. The molecule has 2 heterocycles. The second-order valence-electron chi connectivity index (χ2n) is 6.65. The summed E-state index contributed by atoms with van der Waals surface area (Å²) in [5.74, 6) is 0. The number of hydrogen-bond donors (Lipinski definition) is 7. The van der Waals surface area contributed by atoms with Crippen molar-refractivity contribution in [3.8, 4) is 0 Å². The maximum absolute atomic E-state index is 10.7. The molecule has 2 saturated heterocycles. The molecule has 0 amide bonds. The first-order valence-corrected chi connectivity index (χ1v) is 8.13. The summed E-state index contributed by atoms with van der Waals surface area (Å²) in [6.45, 7) is 11.5.